The molecule has 33 heavy (non-hydrogen) atoms. The Balaban J connectivity index is 1.84. The lowest BCUT2D eigenvalue weighted by atomic mass is 10.0. The molecule has 0 aliphatic carbocycles. The molecule has 2 aromatic carbocycles. The summed E-state index contributed by atoms with van der Waals surface area (Å²) in [6.45, 7) is 0. The third-order valence-corrected chi connectivity index (χ3v) is 6.42. The number of aromatic nitrogens is 6. The fourth-order valence-electron chi connectivity index (χ4n) is 3.36. The molecule has 10 nitrogen and oxygen atoms in total. The summed E-state index contributed by atoms with van der Waals surface area (Å²) in [6, 6.07) is 18.4. The highest BCUT2D eigenvalue weighted by molar-refractivity contribution is 7.91. The molecule has 0 bridgehead atoms. The molecule has 3 aromatic heterocycles. The van der Waals surface area contributed by atoms with Gasteiger partial charge in [-0.05, 0) is 30.3 Å². The highest BCUT2D eigenvalue weighted by atomic mass is 32.2. The Morgan fingerprint density at radius 1 is 1.00 bits per heavy atom. The highest BCUT2D eigenvalue weighted by Crippen LogP contribution is 2.32. The number of rotatable bonds is 4. The minimum atomic E-state index is -4.01. The van der Waals surface area contributed by atoms with E-state index in [1.165, 1.54) is 23.0 Å². The molecular formula is C22H14N8O2S. The van der Waals surface area contributed by atoms with Crippen LogP contribution in [0, 0.1) is 11.3 Å². The van der Waals surface area contributed by atoms with Crippen molar-refractivity contribution in [2.75, 3.05) is 5.73 Å². The van der Waals surface area contributed by atoms with Gasteiger partial charge in [0.05, 0.1) is 22.2 Å². The maximum Gasteiger partial charge on any atom is 0.272 e. The predicted molar refractivity (Wildman–Crippen MR) is 118 cm³/mol. The topological polar surface area (TPSA) is 153 Å². The van der Waals surface area contributed by atoms with Gasteiger partial charge in [-0.15, -0.1) is 5.10 Å². The summed E-state index contributed by atoms with van der Waals surface area (Å²) < 4.78 is 27.6. The Bertz CT molecular complexity index is 1640. The first-order valence-corrected chi connectivity index (χ1v) is 11.1. The minimum Gasteiger partial charge on any atom is -0.381 e. The zero-order valence-corrected chi connectivity index (χ0v) is 17.7. The predicted octanol–water partition coefficient (Wildman–Crippen LogP) is 2.53. The normalized spacial score (nSPS) is 11.4. The number of sulfone groups is 1. The zero-order valence-electron chi connectivity index (χ0n) is 16.9. The molecule has 0 amide bonds. The van der Waals surface area contributed by atoms with Gasteiger partial charge in [0, 0.05) is 11.8 Å². The first kappa shape index (κ1) is 20.2. The summed E-state index contributed by atoms with van der Waals surface area (Å²) in [6.07, 6.45) is 2.89. The van der Waals surface area contributed by atoms with Gasteiger partial charge in [-0.3, -0.25) is 0 Å². The molecule has 2 N–H and O–H groups in total. The van der Waals surface area contributed by atoms with Crippen LogP contribution < -0.4 is 5.73 Å². The van der Waals surface area contributed by atoms with E-state index in [1.807, 2.05) is 0 Å². The molecule has 0 saturated carbocycles. The molecular weight excluding hydrogens is 440 g/mol. The Morgan fingerprint density at radius 2 is 1.82 bits per heavy atom. The molecule has 0 unspecified atom stereocenters. The van der Waals surface area contributed by atoms with Crippen molar-refractivity contribution in [3.63, 3.8) is 0 Å². The number of nitriles is 1. The summed E-state index contributed by atoms with van der Waals surface area (Å²) in [5, 5.41) is 13.2. The lowest BCUT2D eigenvalue weighted by Gasteiger charge is -2.11. The monoisotopic (exact) mass is 454 g/mol. The number of nitrogens with zero attached hydrogens (tertiary/aromatic N) is 7. The smallest absolute Gasteiger partial charge is 0.272 e. The van der Waals surface area contributed by atoms with E-state index in [1.54, 1.807) is 54.7 Å². The zero-order chi connectivity index (χ0) is 23.0. The Morgan fingerprint density at radius 3 is 2.55 bits per heavy atom. The average Bonchev–Trinajstić information content (AvgIpc) is 3.32. The number of anilines is 1. The molecule has 5 aromatic rings. The van der Waals surface area contributed by atoms with Gasteiger partial charge < -0.3 is 5.73 Å². The first-order chi connectivity index (χ1) is 16.0. The largest absolute Gasteiger partial charge is 0.381 e. The molecule has 5 rings (SSSR count). The minimum absolute atomic E-state index is 0.0211. The van der Waals surface area contributed by atoms with Crippen LogP contribution in [-0.4, -0.2) is 38.0 Å². The number of fused-ring (bicyclic) bond motifs is 1. The molecule has 160 valence electrons. The Kier molecular flexibility index (Phi) is 4.77. The maximum absolute atomic E-state index is 13.1. The summed E-state index contributed by atoms with van der Waals surface area (Å²) in [7, 11) is -4.01. The molecule has 0 atom stereocenters. The van der Waals surface area contributed by atoms with E-state index < -0.39 is 15.0 Å². The van der Waals surface area contributed by atoms with Crippen molar-refractivity contribution in [3.8, 4) is 28.7 Å². The van der Waals surface area contributed by atoms with E-state index in [2.05, 4.69) is 31.1 Å². The van der Waals surface area contributed by atoms with Gasteiger partial charge in [0.1, 0.15) is 17.7 Å². The van der Waals surface area contributed by atoms with E-state index in [4.69, 9.17) is 5.73 Å². The number of hydrogen-bond donors (Lipinski definition) is 1. The van der Waals surface area contributed by atoms with Crippen molar-refractivity contribution in [1.29, 1.82) is 5.26 Å². The van der Waals surface area contributed by atoms with Crippen LogP contribution in [0.25, 0.3) is 28.3 Å². The van der Waals surface area contributed by atoms with Gasteiger partial charge in [0.2, 0.25) is 9.84 Å². The molecule has 11 heteroatoms. The van der Waals surface area contributed by atoms with Gasteiger partial charge in [-0.2, -0.15) is 10.2 Å². The maximum atomic E-state index is 13.1. The third kappa shape index (κ3) is 3.44. The van der Waals surface area contributed by atoms with Crippen molar-refractivity contribution in [3.05, 3.63) is 78.8 Å². The van der Waals surface area contributed by atoms with Crippen LogP contribution >= 0.6 is 0 Å². The second-order valence-electron chi connectivity index (χ2n) is 6.93. The van der Waals surface area contributed by atoms with Crippen molar-refractivity contribution in [1.82, 2.24) is 29.5 Å². The molecule has 3 heterocycles. The average molecular weight is 454 g/mol. The SMILES string of the molecule is N#Cc1cccc(-c2nc(N)c3nc(S(=O)(=O)c4ccccc4)nn3c2-c2ccncn2)c1. The number of nitrogens with two attached hydrogens (primary N) is 1. The van der Waals surface area contributed by atoms with Crippen LogP contribution in [0.2, 0.25) is 0 Å². The van der Waals surface area contributed by atoms with Crippen LogP contribution in [0.3, 0.4) is 0 Å². The standard InChI is InChI=1S/C22H14N8O2S/c23-12-14-5-4-6-15(11-14)18-19(17-9-10-25-13-26-17)30-21(20(24)27-18)28-22(29-30)33(31,32)16-7-2-1-3-8-16/h1-11,13H,(H2,24,27). The summed E-state index contributed by atoms with van der Waals surface area (Å²) >= 11 is 0. The quantitative estimate of drug-likeness (QED) is 0.431. The number of hydrogen-bond acceptors (Lipinski definition) is 9. The van der Waals surface area contributed by atoms with E-state index in [0.717, 1.165) is 0 Å². The highest BCUT2D eigenvalue weighted by Gasteiger charge is 2.27. The van der Waals surface area contributed by atoms with Crippen LogP contribution in [0.15, 0.2) is 83.2 Å². The van der Waals surface area contributed by atoms with Crippen LogP contribution in [-0.2, 0) is 9.84 Å². The lowest BCUT2D eigenvalue weighted by molar-refractivity contribution is 0.587. The molecule has 0 saturated heterocycles. The number of benzene rings is 2. The van der Waals surface area contributed by atoms with Gasteiger partial charge in [0.25, 0.3) is 5.16 Å². The molecule has 0 aliphatic heterocycles. The van der Waals surface area contributed by atoms with E-state index in [9.17, 15) is 13.7 Å². The third-order valence-electron chi connectivity index (χ3n) is 4.87. The molecule has 0 spiro atoms. The van der Waals surface area contributed by atoms with Crippen molar-refractivity contribution in [2.45, 2.75) is 10.1 Å². The van der Waals surface area contributed by atoms with Crippen LogP contribution in [0.1, 0.15) is 5.56 Å². The molecule has 0 aliphatic rings. The molecule has 0 radical (unpaired) electrons. The fourth-order valence-corrected chi connectivity index (χ4v) is 4.48. The number of nitrogen functional groups attached to an aromatic ring is 1. The summed E-state index contributed by atoms with van der Waals surface area (Å²) in [4.78, 5) is 17.0. The van der Waals surface area contributed by atoms with Crippen molar-refractivity contribution >= 4 is 21.3 Å². The Labute approximate surface area is 188 Å². The summed E-state index contributed by atoms with van der Waals surface area (Å²) in [5.41, 5.74) is 8.40. The second-order valence-corrected chi connectivity index (χ2v) is 8.77. The van der Waals surface area contributed by atoms with Crippen LogP contribution in [0.4, 0.5) is 5.82 Å². The van der Waals surface area contributed by atoms with Gasteiger partial charge in [-0.25, -0.2) is 27.9 Å². The van der Waals surface area contributed by atoms with Gasteiger partial charge >= 0.3 is 0 Å². The van der Waals surface area contributed by atoms with Crippen molar-refractivity contribution in [2.24, 2.45) is 0 Å². The van der Waals surface area contributed by atoms with Gasteiger partial charge in [0.15, 0.2) is 11.5 Å². The Hall–Kier alpha value is -4.69. The summed E-state index contributed by atoms with van der Waals surface area (Å²) in [5.74, 6) is -0.0211. The van der Waals surface area contributed by atoms with E-state index >= 15 is 0 Å². The van der Waals surface area contributed by atoms with Crippen molar-refractivity contribution < 1.29 is 8.42 Å². The van der Waals surface area contributed by atoms with Crippen LogP contribution in [0.5, 0.6) is 0 Å². The fraction of sp³-hybridized carbons (Fsp3) is 0. The van der Waals surface area contributed by atoms with E-state index in [0.29, 0.717) is 28.2 Å². The van der Waals surface area contributed by atoms with E-state index in [-0.39, 0.29) is 16.4 Å². The lowest BCUT2D eigenvalue weighted by Crippen LogP contribution is -2.07. The first-order valence-electron chi connectivity index (χ1n) is 9.62. The van der Waals surface area contributed by atoms with Gasteiger partial charge in [-0.1, -0.05) is 30.3 Å². The second kappa shape index (κ2) is 7.77. The molecule has 0 fully saturated rings.